The average Bonchev–Trinajstić information content (AvgIpc) is 3.03. The second kappa shape index (κ2) is 6.70. The molecule has 2 heterocycles. The van der Waals surface area contributed by atoms with E-state index in [4.69, 9.17) is 4.42 Å². The molecule has 3 rings (SSSR count). The molecule has 1 fully saturated rings. The third-order valence-corrected chi connectivity index (χ3v) is 3.90. The highest BCUT2D eigenvalue weighted by atomic mass is 16.4. The molecule has 0 unspecified atom stereocenters. The van der Waals surface area contributed by atoms with Gasteiger partial charge in [0.15, 0.2) is 0 Å². The van der Waals surface area contributed by atoms with Crippen LogP contribution < -0.4 is 0 Å². The fourth-order valence-corrected chi connectivity index (χ4v) is 2.48. The summed E-state index contributed by atoms with van der Waals surface area (Å²) in [5, 5.41) is 8.06. The lowest BCUT2D eigenvalue weighted by Crippen LogP contribution is -2.47. The van der Waals surface area contributed by atoms with Crippen molar-refractivity contribution in [3.63, 3.8) is 0 Å². The Kier molecular flexibility index (Phi) is 4.48. The summed E-state index contributed by atoms with van der Waals surface area (Å²) in [6.07, 6.45) is 0.908. The van der Waals surface area contributed by atoms with Gasteiger partial charge in [-0.1, -0.05) is 18.2 Å². The van der Waals surface area contributed by atoms with Gasteiger partial charge in [-0.25, -0.2) is 0 Å². The number of aryl methyl sites for hydroxylation is 1. The molecule has 0 aliphatic carbocycles. The van der Waals surface area contributed by atoms with E-state index < -0.39 is 0 Å². The number of likely N-dealkylation sites (N-methyl/N-ethyl adjacent to an activating group) is 1. The van der Waals surface area contributed by atoms with Crippen molar-refractivity contribution in [1.29, 1.82) is 0 Å². The van der Waals surface area contributed by atoms with Gasteiger partial charge in [0.05, 0.1) is 0 Å². The molecule has 22 heavy (non-hydrogen) atoms. The number of carbonyl (C=O) groups excluding carboxylic acids is 1. The lowest BCUT2D eigenvalue weighted by Gasteiger charge is -2.32. The fourth-order valence-electron chi connectivity index (χ4n) is 2.48. The maximum Gasteiger partial charge on any atom is 0.247 e. The second-order valence-corrected chi connectivity index (χ2v) is 5.55. The van der Waals surface area contributed by atoms with Crippen LogP contribution in [0.1, 0.15) is 12.3 Å². The molecule has 116 valence electrons. The summed E-state index contributed by atoms with van der Waals surface area (Å²) in [6, 6.07) is 9.64. The van der Waals surface area contributed by atoms with E-state index in [1.54, 1.807) is 0 Å². The van der Waals surface area contributed by atoms with Gasteiger partial charge in [-0.2, -0.15) is 0 Å². The number of hydrogen-bond acceptors (Lipinski definition) is 5. The van der Waals surface area contributed by atoms with Crippen molar-refractivity contribution >= 4 is 5.91 Å². The molecule has 0 atom stereocenters. The minimum atomic E-state index is 0.160. The molecule has 1 aliphatic heterocycles. The summed E-state index contributed by atoms with van der Waals surface area (Å²) in [7, 11) is 2.07. The van der Waals surface area contributed by atoms with Gasteiger partial charge in [0, 0.05) is 44.6 Å². The quantitative estimate of drug-likeness (QED) is 0.855. The van der Waals surface area contributed by atoms with E-state index in [0.717, 1.165) is 31.7 Å². The number of piperazine rings is 1. The van der Waals surface area contributed by atoms with E-state index in [-0.39, 0.29) is 5.91 Å². The number of benzene rings is 1. The van der Waals surface area contributed by atoms with Crippen molar-refractivity contribution < 1.29 is 9.21 Å². The minimum absolute atomic E-state index is 0.160. The standard InChI is InChI=1S/C16H20N4O2/c1-19-9-11-20(12-10-19)15(21)8-7-14-17-18-16(22-14)13-5-3-2-4-6-13/h2-6H,7-12H2,1H3. The van der Waals surface area contributed by atoms with Gasteiger partial charge >= 0.3 is 0 Å². The Hall–Kier alpha value is -2.21. The van der Waals surface area contributed by atoms with Gasteiger partial charge in [0.2, 0.25) is 17.7 Å². The molecule has 0 spiro atoms. The first-order valence-corrected chi connectivity index (χ1v) is 7.56. The first kappa shape index (κ1) is 14.7. The Morgan fingerprint density at radius 2 is 1.86 bits per heavy atom. The van der Waals surface area contributed by atoms with E-state index in [2.05, 4.69) is 22.1 Å². The molecule has 0 bridgehead atoms. The van der Waals surface area contributed by atoms with Crippen molar-refractivity contribution in [2.45, 2.75) is 12.8 Å². The molecule has 2 aromatic rings. The second-order valence-electron chi connectivity index (χ2n) is 5.55. The Balaban J connectivity index is 1.54. The van der Waals surface area contributed by atoms with Crippen LogP contribution in [0.2, 0.25) is 0 Å². The van der Waals surface area contributed by atoms with E-state index in [0.29, 0.717) is 24.6 Å². The predicted molar refractivity (Wildman–Crippen MR) is 82.1 cm³/mol. The maximum atomic E-state index is 12.2. The summed E-state index contributed by atoms with van der Waals surface area (Å²) < 4.78 is 5.62. The normalized spacial score (nSPS) is 16.0. The summed E-state index contributed by atoms with van der Waals surface area (Å²) in [4.78, 5) is 16.3. The van der Waals surface area contributed by atoms with Crippen LogP contribution in [-0.4, -0.2) is 59.1 Å². The Labute approximate surface area is 129 Å². The van der Waals surface area contributed by atoms with Gasteiger partial charge in [0.25, 0.3) is 0 Å². The predicted octanol–water partition coefficient (Wildman–Crippen LogP) is 1.44. The van der Waals surface area contributed by atoms with Gasteiger partial charge in [-0.15, -0.1) is 10.2 Å². The number of amides is 1. The van der Waals surface area contributed by atoms with Crippen molar-refractivity contribution in [1.82, 2.24) is 20.0 Å². The lowest BCUT2D eigenvalue weighted by molar-refractivity contribution is -0.132. The highest BCUT2D eigenvalue weighted by Gasteiger charge is 2.19. The van der Waals surface area contributed by atoms with Gasteiger partial charge in [-0.3, -0.25) is 4.79 Å². The summed E-state index contributed by atoms with van der Waals surface area (Å²) in [5.41, 5.74) is 0.895. The Morgan fingerprint density at radius 1 is 1.14 bits per heavy atom. The number of carbonyl (C=O) groups is 1. The van der Waals surface area contributed by atoms with Crippen LogP contribution in [0.5, 0.6) is 0 Å². The highest BCUT2D eigenvalue weighted by Crippen LogP contribution is 2.17. The lowest BCUT2D eigenvalue weighted by atomic mass is 10.2. The molecule has 6 nitrogen and oxygen atoms in total. The first-order valence-electron chi connectivity index (χ1n) is 7.56. The van der Waals surface area contributed by atoms with E-state index >= 15 is 0 Å². The third-order valence-electron chi connectivity index (χ3n) is 3.90. The SMILES string of the molecule is CN1CCN(C(=O)CCc2nnc(-c3ccccc3)o2)CC1. The van der Waals surface area contributed by atoms with Crippen molar-refractivity contribution in [2.75, 3.05) is 33.2 Å². The molecule has 6 heteroatoms. The molecule has 1 saturated heterocycles. The van der Waals surface area contributed by atoms with E-state index in [1.165, 1.54) is 0 Å². The first-order chi connectivity index (χ1) is 10.7. The van der Waals surface area contributed by atoms with Crippen LogP contribution in [0.3, 0.4) is 0 Å². The van der Waals surface area contributed by atoms with Crippen LogP contribution in [0, 0.1) is 0 Å². The Bertz CT molecular complexity index is 618. The topological polar surface area (TPSA) is 62.5 Å². The number of rotatable bonds is 4. The molecule has 1 aromatic carbocycles. The number of aromatic nitrogens is 2. The summed E-state index contributed by atoms with van der Waals surface area (Å²) >= 11 is 0. The maximum absolute atomic E-state index is 12.2. The molecule has 0 radical (unpaired) electrons. The van der Waals surface area contributed by atoms with E-state index in [9.17, 15) is 4.79 Å². The zero-order chi connectivity index (χ0) is 15.4. The zero-order valence-electron chi connectivity index (χ0n) is 12.7. The molecular weight excluding hydrogens is 280 g/mol. The third kappa shape index (κ3) is 3.51. The van der Waals surface area contributed by atoms with Crippen LogP contribution in [0.15, 0.2) is 34.7 Å². The Morgan fingerprint density at radius 3 is 2.59 bits per heavy atom. The minimum Gasteiger partial charge on any atom is -0.421 e. The molecule has 0 N–H and O–H groups in total. The monoisotopic (exact) mass is 300 g/mol. The fraction of sp³-hybridized carbons (Fsp3) is 0.438. The van der Waals surface area contributed by atoms with Gasteiger partial charge in [0.1, 0.15) is 0 Å². The summed E-state index contributed by atoms with van der Waals surface area (Å²) in [5.74, 6) is 1.18. The van der Waals surface area contributed by atoms with Gasteiger partial charge < -0.3 is 14.2 Å². The van der Waals surface area contributed by atoms with Crippen molar-refractivity contribution in [3.05, 3.63) is 36.2 Å². The largest absolute Gasteiger partial charge is 0.421 e. The molecule has 1 aliphatic rings. The van der Waals surface area contributed by atoms with E-state index in [1.807, 2.05) is 35.2 Å². The van der Waals surface area contributed by atoms with Crippen LogP contribution >= 0.6 is 0 Å². The van der Waals surface area contributed by atoms with Crippen LogP contribution in [0.4, 0.5) is 0 Å². The molecule has 1 aromatic heterocycles. The molecular formula is C16H20N4O2. The number of hydrogen-bond donors (Lipinski definition) is 0. The molecule has 0 saturated carbocycles. The van der Waals surface area contributed by atoms with Crippen LogP contribution in [0.25, 0.3) is 11.5 Å². The zero-order valence-corrected chi connectivity index (χ0v) is 12.7. The highest BCUT2D eigenvalue weighted by molar-refractivity contribution is 5.76. The smallest absolute Gasteiger partial charge is 0.247 e. The average molecular weight is 300 g/mol. The van der Waals surface area contributed by atoms with Gasteiger partial charge in [-0.05, 0) is 19.2 Å². The van der Waals surface area contributed by atoms with Crippen molar-refractivity contribution in [2.24, 2.45) is 0 Å². The van der Waals surface area contributed by atoms with Crippen LogP contribution in [-0.2, 0) is 11.2 Å². The molecule has 1 amide bonds. The summed E-state index contributed by atoms with van der Waals surface area (Å²) in [6.45, 7) is 3.47. The van der Waals surface area contributed by atoms with Crippen molar-refractivity contribution in [3.8, 4) is 11.5 Å². The number of nitrogens with zero attached hydrogens (tertiary/aromatic N) is 4.